The van der Waals surface area contributed by atoms with E-state index in [2.05, 4.69) is 5.32 Å². The van der Waals surface area contributed by atoms with Gasteiger partial charge in [0.1, 0.15) is 11.6 Å². The molecule has 0 atom stereocenters. The molecule has 3 N–H and O–H groups in total. The fraction of sp³-hybridized carbons (Fsp3) is 0.188. The van der Waals surface area contributed by atoms with Gasteiger partial charge in [0.15, 0.2) is 6.61 Å². The fourth-order valence-corrected chi connectivity index (χ4v) is 1.84. The third-order valence-corrected chi connectivity index (χ3v) is 2.98. The number of nitrogens with two attached hydrogens (primary N) is 1. The lowest BCUT2D eigenvalue weighted by Gasteiger charge is -2.10. The van der Waals surface area contributed by atoms with Crippen molar-refractivity contribution >= 4 is 17.3 Å². The molecule has 0 bridgehead atoms. The average Bonchev–Trinajstić information content (AvgIpc) is 2.43. The first-order valence-electron chi connectivity index (χ1n) is 6.50. The van der Waals surface area contributed by atoms with Crippen molar-refractivity contribution in [1.82, 2.24) is 0 Å². The Morgan fingerprint density at radius 1 is 1.24 bits per heavy atom. The van der Waals surface area contributed by atoms with Crippen molar-refractivity contribution in [3.05, 3.63) is 53.3 Å². The Bertz CT molecular complexity index is 671. The molecule has 110 valence electrons. The number of nitrogen functional groups attached to an aromatic ring is 1. The van der Waals surface area contributed by atoms with E-state index in [4.69, 9.17) is 10.5 Å². The molecule has 0 radical (unpaired) electrons. The summed E-state index contributed by atoms with van der Waals surface area (Å²) in [5.74, 6) is -0.187. The van der Waals surface area contributed by atoms with Crippen molar-refractivity contribution in [2.24, 2.45) is 0 Å². The Balaban J connectivity index is 1.94. The van der Waals surface area contributed by atoms with Crippen molar-refractivity contribution < 1.29 is 13.9 Å². The Kier molecular flexibility index (Phi) is 4.42. The molecule has 0 saturated carbocycles. The molecule has 0 unspecified atom stereocenters. The van der Waals surface area contributed by atoms with Crippen molar-refractivity contribution in [3.63, 3.8) is 0 Å². The maximum atomic E-state index is 13.1. The van der Waals surface area contributed by atoms with Crippen LogP contribution in [0.5, 0.6) is 5.75 Å². The zero-order valence-corrected chi connectivity index (χ0v) is 11.9. The van der Waals surface area contributed by atoms with Crippen LogP contribution in [-0.2, 0) is 4.79 Å². The molecule has 0 fully saturated rings. The van der Waals surface area contributed by atoms with Gasteiger partial charge in [-0.05, 0) is 55.3 Å². The van der Waals surface area contributed by atoms with Crippen molar-refractivity contribution in [3.8, 4) is 5.75 Å². The second kappa shape index (κ2) is 6.26. The summed E-state index contributed by atoms with van der Waals surface area (Å²) in [4.78, 5) is 11.8. The van der Waals surface area contributed by atoms with E-state index in [9.17, 15) is 9.18 Å². The predicted octanol–water partition coefficient (Wildman–Crippen LogP) is 3.04. The van der Waals surface area contributed by atoms with E-state index in [0.717, 1.165) is 5.56 Å². The molecule has 0 aliphatic heterocycles. The van der Waals surface area contributed by atoms with Crippen molar-refractivity contribution in [2.75, 3.05) is 17.7 Å². The van der Waals surface area contributed by atoms with Gasteiger partial charge in [-0.1, -0.05) is 6.07 Å². The highest BCUT2D eigenvalue weighted by atomic mass is 19.1. The summed E-state index contributed by atoms with van der Waals surface area (Å²) < 4.78 is 18.4. The molecule has 0 heterocycles. The molecule has 5 heteroatoms. The average molecular weight is 288 g/mol. The molecule has 0 aliphatic carbocycles. The Morgan fingerprint density at radius 2 is 2.00 bits per heavy atom. The lowest BCUT2D eigenvalue weighted by atomic mass is 10.2. The monoisotopic (exact) mass is 288 g/mol. The topological polar surface area (TPSA) is 64.3 Å². The summed E-state index contributed by atoms with van der Waals surface area (Å²) in [5, 5.41) is 2.67. The van der Waals surface area contributed by atoms with Crippen LogP contribution in [0.15, 0.2) is 36.4 Å². The van der Waals surface area contributed by atoms with Crippen LogP contribution in [0.4, 0.5) is 15.8 Å². The number of aryl methyl sites for hydroxylation is 2. The molecule has 0 aliphatic rings. The first kappa shape index (κ1) is 14.8. The number of benzene rings is 2. The van der Waals surface area contributed by atoms with Crippen LogP contribution < -0.4 is 15.8 Å². The SMILES string of the molecule is Cc1ccc(NC(=O)COc2ccc(F)c(C)c2)c(N)c1. The van der Waals surface area contributed by atoms with E-state index in [0.29, 0.717) is 22.7 Å². The van der Waals surface area contributed by atoms with E-state index >= 15 is 0 Å². The number of hydrogen-bond acceptors (Lipinski definition) is 3. The Hall–Kier alpha value is -2.56. The lowest BCUT2D eigenvalue weighted by molar-refractivity contribution is -0.118. The zero-order valence-electron chi connectivity index (χ0n) is 11.9. The van der Waals surface area contributed by atoms with E-state index < -0.39 is 0 Å². The van der Waals surface area contributed by atoms with Crippen molar-refractivity contribution in [2.45, 2.75) is 13.8 Å². The van der Waals surface area contributed by atoms with E-state index in [1.807, 2.05) is 13.0 Å². The van der Waals surface area contributed by atoms with Gasteiger partial charge >= 0.3 is 0 Å². The number of hydrogen-bond donors (Lipinski definition) is 2. The first-order valence-corrected chi connectivity index (χ1v) is 6.50. The minimum Gasteiger partial charge on any atom is -0.484 e. The minimum absolute atomic E-state index is 0.168. The van der Waals surface area contributed by atoms with Crippen LogP contribution in [0.1, 0.15) is 11.1 Å². The normalized spacial score (nSPS) is 10.2. The summed E-state index contributed by atoms with van der Waals surface area (Å²) >= 11 is 0. The smallest absolute Gasteiger partial charge is 0.262 e. The van der Waals surface area contributed by atoms with Crippen molar-refractivity contribution in [1.29, 1.82) is 0 Å². The van der Waals surface area contributed by atoms with Crippen LogP contribution >= 0.6 is 0 Å². The molecule has 2 aromatic rings. The Labute approximate surface area is 122 Å². The number of amides is 1. The zero-order chi connectivity index (χ0) is 15.4. The van der Waals surface area contributed by atoms with Crippen LogP contribution in [0, 0.1) is 19.7 Å². The number of rotatable bonds is 4. The molecule has 21 heavy (non-hydrogen) atoms. The van der Waals surface area contributed by atoms with Crippen LogP contribution in [-0.4, -0.2) is 12.5 Å². The summed E-state index contributed by atoms with van der Waals surface area (Å²) in [6, 6.07) is 9.71. The van der Waals surface area contributed by atoms with Crippen LogP contribution in [0.2, 0.25) is 0 Å². The number of carbonyl (C=O) groups is 1. The molecular formula is C16H17FN2O2. The quantitative estimate of drug-likeness (QED) is 0.850. The van der Waals surface area contributed by atoms with Gasteiger partial charge < -0.3 is 15.8 Å². The van der Waals surface area contributed by atoms with E-state index in [1.54, 1.807) is 25.1 Å². The van der Waals surface area contributed by atoms with Gasteiger partial charge in [-0.2, -0.15) is 0 Å². The Morgan fingerprint density at radius 3 is 2.67 bits per heavy atom. The van der Waals surface area contributed by atoms with Gasteiger partial charge in [-0.25, -0.2) is 4.39 Å². The summed E-state index contributed by atoms with van der Waals surface area (Å²) in [6.07, 6.45) is 0. The van der Waals surface area contributed by atoms with Crippen LogP contribution in [0.25, 0.3) is 0 Å². The van der Waals surface area contributed by atoms with Gasteiger partial charge in [-0.15, -0.1) is 0 Å². The van der Waals surface area contributed by atoms with Gasteiger partial charge in [0, 0.05) is 0 Å². The predicted molar refractivity (Wildman–Crippen MR) is 80.9 cm³/mol. The largest absolute Gasteiger partial charge is 0.484 e. The summed E-state index contributed by atoms with van der Waals surface area (Å²) in [5.41, 5.74) is 8.35. The van der Waals surface area contributed by atoms with E-state index in [1.165, 1.54) is 12.1 Å². The fourth-order valence-electron chi connectivity index (χ4n) is 1.84. The molecule has 0 spiro atoms. The van der Waals surface area contributed by atoms with Gasteiger partial charge in [-0.3, -0.25) is 4.79 Å². The number of carbonyl (C=O) groups excluding carboxylic acids is 1. The highest BCUT2D eigenvalue weighted by Gasteiger charge is 2.07. The molecule has 0 saturated heterocycles. The highest BCUT2D eigenvalue weighted by molar-refractivity contribution is 5.94. The second-order valence-corrected chi connectivity index (χ2v) is 4.84. The van der Waals surface area contributed by atoms with Gasteiger partial charge in [0.2, 0.25) is 0 Å². The number of halogens is 1. The standard InChI is InChI=1S/C16H17FN2O2/c1-10-3-6-15(14(18)7-10)19-16(20)9-21-12-4-5-13(17)11(2)8-12/h3-8H,9,18H2,1-2H3,(H,19,20). The summed E-state index contributed by atoms with van der Waals surface area (Å²) in [6.45, 7) is 3.38. The third kappa shape index (κ3) is 3.95. The highest BCUT2D eigenvalue weighted by Crippen LogP contribution is 2.20. The second-order valence-electron chi connectivity index (χ2n) is 4.84. The summed E-state index contributed by atoms with van der Waals surface area (Å²) in [7, 11) is 0. The first-order chi connectivity index (χ1) is 9.95. The molecule has 1 amide bonds. The van der Waals surface area contributed by atoms with E-state index in [-0.39, 0.29) is 18.3 Å². The number of anilines is 2. The third-order valence-electron chi connectivity index (χ3n) is 2.98. The van der Waals surface area contributed by atoms with Gasteiger partial charge in [0.05, 0.1) is 11.4 Å². The molecule has 2 aromatic carbocycles. The maximum Gasteiger partial charge on any atom is 0.262 e. The van der Waals surface area contributed by atoms with Gasteiger partial charge in [0.25, 0.3) is 5.91 Å². The molecule has 0 aromatic heterocycles. The molecule has 4 nitrogen and oxygen atoms in total. The maximum absolute atomic E-state index is 13.1. The molecule has 2 rings (SSSR count). The van der Waals surface area contributed by atoms with Crippen LogP contribution in [0.3, 0.4) is 0 Å². The molecular weight excluding hydrogens is 271 g/mol. The minimum atomic E-state index is -0.326. The lowest BCUT2D eigenvalue weighted by Crippen LogP contribution is -2.20. The number of nitrogens with one attached hydrogen (secondary N) is 1. The number of ether oxygens (including phenoxy) is 1.